The minimum absolute atomic E-state index is 0.189. The normalized spacial score (nSPS) is 9.93. The van der Waals surface area contributed by atoms with Crippen LogP contribution in [-0.2, 0) is 0 Å². The van der Waals surface area contributed by atoms with Gasteiger partial charge < -0.3 is 5.32 Å². The van der Waals surface area contributed by atoms with Gasteiger partial charge in [-0.25, -0.2) is 0 Å². The predicted molar refractivity (Wildman–Crippen MR) is 62.6 cm³/mol. The second kappa shape index (κ2) is 5.59. The first kappa shape index (κ1) is 11.8. The van der Waals surface area contributed by atoms with E-state index in [1.807, 2.05) is 0 Å². The molecule has 0 spiro atoms. The summed E-state index contributed by atoms with van der Waals surface area (Å²) in [5.74, 6) is -0.189. The van der Waals surface area contributed by atoms with Crippen molar-refractivity contribution in [2.45, 2.75) is 0 Å². The molecule has 5 heteroatoms. The molecule has 14 heavy (non-hydrogen) atoms. The Labute approximate surface area is 101 Å². The maximum atomic E-state index is 11.5. The first-order valence-corrected chi connectivity index (χ1v) is 5.82. The molecule has 0 saturated carbocycles. The van der Waals surface area contributed by atoms with Crippen LogP contribution >= 0.6 is 39.1 Å². The molecule has 1 N–H and O–H groups in total. The number of amides is 1. The summed E-state index contributed by atoms with van der Waals surface area (Å²) in [5, 5.41) is 4.29. The second-order valence-electron chi connectivity index (χ2n) is 2.57. The van der Waals surface area contributed by atoms with Crippen LogP contribution in [0.5, 0.6) is 0 Å². The molecule has 0 bridgehead atoms. The molecular formula is C9H8BrCl2NO. The van der Waals surface area contributed by atoms with Crippen molar-refractivity contribution in [2.75, 3.05) is 11.9 Å². The molecule has 0 saturated heterocycles. The van der Waals surface area contributed by atoms with Crippen molar-refractivity contribution < 1.29 is 4.79 Å². The zero-order chi connectivity index (χ0) is 10.6. The Bertz CT molecular complexity index is 344. The molecule has 0 atom stereocenters. The van der Waals surface area contributed by atoms with Crippen molar-refractivity contribution in [1.82, 2.24) is 5.32 Å². The van der Waals surface area contributed by atoms with Gasteiger partial charge in [-0.05, 0) is 18.2 Å². The Morgan fingerprint density at radius 1 is 1.43 bits per heavy atom. The third-order valence-electron chi connectivity index (χ3n) is 1.56. The molecule has 1 rings (SSSR count). The van der Waals surface area contributed by atoms with Crippen molar-refractivity contribution in [3.05, 3.63) is 33.8 Å². The molecule has 1 amide bonds. The van der Waals surface area contributed by atoms with E-state index < -0.39 is 0 Å². The summed E-state index contributed by atoms with van der Waals surface area (Å²) in [6, 6.07) is 4.79. The highest BCUT2D eigenvalue weighted by Crippen LogP contribution is 2.20. The van der Waals surface area contributed by atoms with Crippen LogP contribution in [0.3, 0.4) is 0 Å². The van der Waals surface area contributed by atoms with Gasteiger partial charge in [0, 0.05) is 16.9 Å². The zero-order valence-corrected chi connectivity index (χ0v) is 10.3. The highest BCUT2D eigenvalue weighted by atomic mass is 79.9. The fourth-order valence-electron chi connectivity index (χ4n) is 0.930. The lowest BCUT2D eigenvalue weighted by Gasteiger charge is -2.04. The number of alkyl halides is 1. The summed E-state index contributed by atoms with van der Waals surface area (Å²) >= 11 is 14.8. The van der Waals surface area contributed by atoms with E-state index in [2.05, 4.69) is 21.2 Å². The van der Waals surface area contributed by atoms with Gasteiger partial charge in [-0.3, -0.25) is 4.79 Å². The van der Waals surface area contributed by atoms with Crippen molar-refractivity contribution in [2.24, 2.45) is 0 Å². The summed E-state index contributed by atoms with van der Waals surface area (Å²) in [6.45, 7) is 0.567. The van der Waals surface area contributed by atoms with Crippen molar-refractivity contribution in [3.8, 4) is 0 Å². The number of benzene rings is 1. The molecule has 0 aliphatic carbocycles. The standard InChI is InChI=1S/C9H8BrCl2NO/c10-3-4-13-9(14)7-2-1-6(11)5-8(7)12/h1-2,5H,3-4H2,(H,13,14). The van der Waals surface area contributed by atoms with Gasteiger partial charge in [0.1, 0.15) is 0 Å². The van der Waals surface area contributed by atoms with Crippen LogP contribution in [0.1, 0.15) is 10.4 Å². The van der Waals surface area contributed by atoms with E-state index in [0.717, 1.165) is 0 Å². The molecule has 76 valence electrons. The molecule has 0 radical (unpaired) electrons. The van der Waals surface area contributed by atoms with Crippen LogP contribution in [0.25, 0.3) is 0 Å². The molecule has 0 unspecified atom stereocenters. The molecule has 0 aliphatic rings. The lowest BCUT2D eigenvalue weighted by atomic mass is 10.2. The zero-order valence-electron chi connectivity index (χ0n) is 7.19. The summed E-state index contributed by atoms with van der Waals surface area (Å²) < 4.78 is 0. The van der Waals surface area contributed by atoms with E-state index in [4.69, 9.17) is 23.2 Å². The summed E-state index contributed by atoms with van der Waals surface area (Å²) in [4.78, 5) is 11.5. The van der Waals surface area contributed by atoms with Crippen LogP contribution < -0.4 is 5.32 Å². The van der Waals surface area contributed by atoms with E-state index >= 15 is 0 Å². The van der Waals surface area contributed by atoms with Gasteiger partial charge in [-0.1, -0.05) is 39.1 Å². The first-order valence-electron chi connectivity index (χ1n) is 3.94. The maximum Gasteiger partial charge on any atom is 0.252 e. The van der Waals surface area contributed by atoms with Crippen LogP contribution in [0, 0.1) is 0 Å². The van der Waals surface area contributed by atoms with E-state index in [9.17, 15) is 4.79 Å². The molecule has 2 nitrogen and oxygen atoms in total. The van der Waals surface area contributed by atoms with Gasteiger partial charge >= 0.3 is 0 Å². The van der Waals surface area contributed by atoms with E-state index in [1.165, 1.54) is 0 Å². The summed E-state index contributed by atoms with van der Waals surface area (Å²) in [5.41, 5.74) is 0.442. The van der Waals surface area contributed by atoms with Crippen molar-refractivity contribution in [1.29, 1.82) is 0 Å². The Hall–Kier alpha value is -0.250. The number of hydrogen-bond acceptors (Lipinski definition) is 1. The molecule has 0 heterocycles. The largest absolute Gasteiger partial charge is 0.351 e. The van der Waals surface area contributed by atoms with Gasteiger partial charge in [0.25, 0.3) is 5.91 Å². The molecular weight excluding hydrogens is 289 g/mol. The van der Waals surface area contributed by atoms with Gasteiger partial charge in [0.2, 0.25) is 0 Å². The monoisotopic (exact) mass is 295 g/mol. The second-order valence-corrected chi connectivity index (χ2v) is 4.21. The molecule has 1 aromatic rings. The average molecular weight is 297 g/mol. The van der Waals surface area contributed by atoms with Crippen LogP contribution in [0.2, 0.25) is 10.0 Å². The van der Waals surface area contributed by atoms with Crippen molar-refractivity contribution in [3.63, 3.8) is 0 Å². The molecule has 0 aliphatic heterocycles. The van der Waals surface area contributed by atoms with Crippen LogP contribution in [0.15, 0.2) is 18.2 Å². The number of rotatable bonds is 3. The molecule has 0 aromatic heterocycles. The topological polar surface area (TPSA) is 29.1 Å². The average Bonchev–Trinajstić information content (AvgIpc) is 2.14. The highest BCUT2D eigenvalue weighted by molar-refractivity contribution is 9.09. The summed E-state index contributed by atoms with van der Waals surface area (Å²) in [7, 11) is 0. The summed E-state index contributed by atoms with van der Waals surface area (Å²) in [6.07, 6.45) is 0. The van der Waals surface area contributed by atoms with Crippen molar-refractivity contribution >= 4 is 45.0 Å². The van der Waals surface area contributed by atoms with Gasteiger partial charge in [-0.15, -0.1) is 0 Å². The van der Waals surface area contributed by atoms with E-state index in [1.54, 1.807) is 18.2 Å². The van der Waals surface area contributed by atoms with E-state index in [-0.39, 0.29) is 5.91 Å². The van der Waals surface area contributed by atoms with Gasteiger partial charge in [0.15, 0.2) is 0 Å². The minimum Gasteiger partial charge on any atom is -0.351 e. The molecule has 0 fully saturated rings. The Morgan fingerprint density at radius 3 is 2.71 bits per heavy atom. The smallest absolute Gasteiger partial charge is 0.252 e. The number of nitrogens with one attached hydrogen (secondary N) is 1. The SMILES string of the molecule is O=C(NCCBr)c1ccc(Cl)cc1Cl. The predicted octanol–water partition coefficient (Wildman–Crippen LogP) is 3.12. The fourth-order valence-corrected chi connectivity index (χ4v) is 1.62. The van der Waals surface area contributed by atoms with Gasteiger partial charge in [-0.2, -0.15) is 0 Å². The van der Waals surface area contributed by atoms with Gasteiger partial charge in [0.05, 0.1) is 10.6 Å². The Kier molecular flexibility index (Phi) is 4.72. The first-order chi connectivity index (χ1) is 6.65. The quantitative estimate of drug-likeness (QED) is 0.853. The van der Waals surface area contributed by atoms with E-state index in [0.29, 0.717) is 27.5 Å². The Balaban J connectivity index is 2.80. The maximum absolute atomic E-state index is 11.5. The third kappa shape index (κ3) is 3.15. The molecule has 1 aromatic carbocycles. The van der Waals surface area contributed by atoms with Crippen LogP contribution in [0.4, 0.5) is 0 Å². The lowest BCUT2D eigenvalue weighted by molar-refractivity contribution is 0.0956. The lowest BCUT2D eigenvalue weighted by Crippen LogP contribution is -2.25. The van der Waals surface area contributed by atoms with Crippen LogP contribution in [-0.4, -0.2) is 17.8 Å². The highest BCUT2D eigenvalue weighted by Gasteiger charge is 2.09. The number of carbonyl (C=O) groups is 1. The number of carbonyl (C=O) groups excluding carboxylic acids is 1. The minimum atomic E-state index is -0.189. The fraction of sp³-hybridized carbons (Fsp3) is 0.222. The third-order valence-corrected chi connectivity index (χ3v) is 2.50. The number of hydrogen-bond donors (Lipinski definition) is 1. The Morgan fingerprint density at radius 2 is 2.14 bits per heavy atom. The number of halogens is 3.